The zero-order chi connectivity index (χ0) is 22.4. The summed E-state index contributed by atoms with van der Waals surface area (Å²) in [6.07, 6.45) is 1.76. The van der Waals surface area contributed by atoms with Crippen LogP contribution in [0.25, 0.3) is 22.6 Å². The number of amides is 2. The Kier molecular flexibility index (Phi) is 7.07. The second kappa shape index (κ2) is 9.93. The molecule has 7 nitrogen and oxygen atoms in total. The topological polar surface area (TPSA) is 93.5 Å². The van der Waals surface area contributed by atoms with Gasteiger partial charge < -0.3 is 19.8 Å². The van der Waals surface area contributed by atoms with Crippen LogP contribution in [0.2, 0.25) is 0 Å². The minimum Gasteiger partial charge on any atom is -0.494 e. The number of carbonyl (C=O) groups is 2. The largest absolute Gasteiger partial charge is 0.494 e. The first-order valence-corrected chi connectivity index (χ1v) is 10.2. The minimum atomic E-state index is -0.641. The van der Waals surface area contributed by atoms with Crippen molar-refractivity contribution in [1.82, 2.24) is 15.6 Å². The number of hydrogen-bond donors (Lipinski definition) is 2. The first-order valence-electron chi connectivity index (χ1n) is 10.2. The highest BCUT2D eigenvalue weighted by Crippen LogP contribution is 2.25. The number of pyridine rings is 1. The van der Waals surface area contributed by atoms with Gasteiger partial charge in [0.05, 0.1) is 6.61 Å². The Labute approximate surface area is 181 Å². The molecular formula is C24H27N3O4. The second-order valence-electron chi connectivity index (χ2n) is 7.36. The van der Waals surface area contributed by atoms with Crippen LogP contribution in [0.15, 0.2) is 59.1 Å². The van der Waals surface area contributed by atoms with Gasteiger partial charge in [-0.1, -0.05) is 32.0 Å². The Hall–Kier alpha value is -3.61. The molecule has 1 aromatic carbocycles. The molecule has 0 fully saturated rings. The average molecular weight is 421 g/mol. The van der Waals surface area contributed by atoms with Crippen LogP contribution in [-0.4, -0.2) is 36.5 Å². The summed E-state index contributed by atoms with van der Waals surface area (Å²) in [6.45, 7) is 6.31. The maximum Gasteiger partial charge on any atom is 0.287 e. The second-order valence-corrected chi connectivity index (χ2v) is 7.36. The molecule has 3 aromatic rings. The number of likely N-dealkylation sites (N-methyl/N-ethyl adjacent to an activating group) is 1. The van der Waals surface area contributed by atoms with Gasteiger partial charge >= 0.3 is 0 Å². The third-order valence-electron chi connectivity index (χ3n) is 4.83. The summed E-state index contributed by atoms with van der Waals surface area (Å²) >= 11 is 0. The monoisotopic (exact) mass is 421 g/mol. The molecule has 0 aliphatic rings. The van der Waals surface area contributed by atoms with Gasteiger partial charge in [0.1, 0.15) is 17.5 Å². The van der Waals surface area contributed by atoms with E-state index in [-0.39, 0.29) is 17.6 Å². The first kappa shape index (κ1) is 22.1. The molecule has 162 valence electrons. The molecule has 0 spiro atoms. The van der Waals surface area contributed by atoms with E-state index < -0.39 is 11.9 Å². The van der Waals surface area contributed by atoms with E-state index >= 15 is 0 Å². The summed E-state index contributed by atoms with van der Waals surface area (Å²) in [6, 6.07) is 14.2. The molecule has 7 heteroatoms. The van der Waals surface area contributed by atoms with Crippen molar-refractivity contribution in [3.8, 4) is 28.3 Å². The van der Waals surface area contributed by atoms with Crippen LogP contribution < -0.4 is 15.4 Å². The normalized spacial score (nSPS) is 11.8. The predicted molar refractivity (Wildman–Crippen MR) is 119 cm³/mol. The number of rotatable bonds is 8. The quantitative estimate of drug-likeness (QED) is 0.575. The molecule has 0 radical (unpaired) electrons. The van der Waals surface area contributed by atoms with E-state index in [9.17, 15) is 9.59 Å². The van der Waals surface area contributed by atoms with Gasteiger partial charge in [-0.25, -0.2) is 0 Å². The van der Waals surface area contributed by atoms with Crippen molar-refractivity contribution in [3.05, 3.63) is 60.5 Å². The van der Waals surface area contributed by atoms with Crippen molar-refractivity contribution in [2.24, 2.45) is 5.92 Å². The number of aromatic nitrogens is 1. The predicted octanol–water partition coefficient (Wildman–Crippen LogP) is 3.91. The van der Waals surface area contributed by atoms with Crippen molar-refractivity contribution in [2.45, 2.75) is 26.8 Å². The summed E-state index contributed by atoms with van der Waals surface area (Å²) < 4.78 is 11.2. The molecular weight excluding hydrogens is 394 g/mol. The Morgan fingerprint density at radius 2 is 1.74 bits per heavy atom. The zero-order valence-electron chi connectivity index (χ0n) is 18.1. The number of furan rings is 1. The molecule has 0 bridgehead atoms. The SMILES string of the molecule is CCOc1ccc(-c2ccc(-c3ccc(C(=O)N[C@H](C(=O)NC)C(C)C)o3)nc2)cc1. The Bertz CT molecular complexity index is 1020. The van der Waals surface area contributed by atoms with Gasteiger partial charge in [0.25, 0.3) is 5.91 Å². The Morgan fingerprint density at radius 1 is 1.03 bits per heavy atom. The van der Waals surface area contributed by atoms with Gasteiger partial charge in [-0.05, 0) is 48.7 Å². The highest BCUT2D eigenvalue weighted by molar-refractivity contribution is 5.96. The molecule has 1 atom stereocenters. The lowest BCUT2D eigenvalue weighted by atomic mass is 10.0. The van der Waals surface area contributed by atoms with Gasteiger partial charge in [-0.2, -0.15) is 0 Å². The first-order chi connectivity index (χ1) is 14.9. The molecule has 0 unspecified atom stereocenters. The lowest BCUT2D eigenvalue weighted by molar-refractivity contribution is -0.123. The summed E-state index contributed by atoms with van der Waals surface area (Å²) in [5.74, 6) is 0.677. The third-order valence-corrected chi connectivity index (χ3v) is 4.83. The van der Waals surface area contributed by atoms with E-state index in [2.05, 4.69) is 15.6 Å². The molecule has 0 aliphatic heterocycles. The van der Waals surface area contributed by atoms with Crippen molar-refractivity contribution in [3.63, 3.8) is 0 Å². The summed E-state index contributed by atoms with van der Waals surface area (Å²) in [7, 11) is 1.54. The maximum atomic E-state index is 12.5. The van der Waals surface area contributed by atoms with Gasteiger partial charge in [0.2, 0.25) is 5.91 Å². The minimum absolute atomic E-state index is 0.0601. The number of ether oxygens (including phenoxy) is 1. The van der Waals surface area contributed by atoms with Crippen LogP contribution >= 0.6 is 0 Å². The number of benzene rings is 1. The molecule has 2 heterocycles. The van der Waals surface area contributed by atoms with E-state index in [4.69, 9.17) is 9.15 Å². The van der Waals surface area contributed by atoms with E-state index in [0.29, 0.717) is 18.1 Å². The van der Waals surface area contributed by atoms with Crippen LogP contribution in [0.1, 0.15) is 31.3 Å². The number of hydrogen-bond acceptors (Lipinski definition) is 5. The van der Waals surface area contributed by atoms with Crippen molar-refractivity contribution in [2.75, 3.05) is 13.7 Å². The summed E-state index contributed by atoms with van der Waals surface area (Å²) in [5.41, 5.74) is 2.60. The van der Waals surface area contributed by atoms with Gasteiger partial charge in [-0.15, -0.1) is 0 Å². The number of carbonyl (C=O) groups excluding carboxylic acids is 2. The highest BCUT2D eigenvalue weighted by Gasteiger charge is 2.25. The molecule has 0 saturated carbocycles. The lowest BCUT2D eigenvalue weighted by Crippen LogP contribution is -2.48. The van der Waals surface area contributed by atoms with Crippen LogP contribution in [0, 0.1) is 5.92 Å². The average Bonchev–Trinajstić information content (AvgIpc) is 3.28. The fourth-order valence-electron chi connectivity index (χ4n) is 3.12. The summed E-state index contributed by atoms with van der Waals surface area (Å²) in [5, 5.41) is 5.28. The number of nitrogens with zero attached hydrogens (tertiary/aromatic N) is 1. The van der Waals surface area contributed by atoms with Crippen molar-refractivity contribution >= 4 is 11.8 Å². The van der Waals surface area contributed by atoms with E-state index in [0.717, 1.165) is 16.9 Å². The molecule has 2 aromatic heterocycles. The van der Waals surface area contributed by atoms with Crippen LogP contribution in [0.3, 0.4) is 0 Å². The third kappa shape index (κ3) is 5.31. The van der Waals surface area contributed by atoms with E-state index in [1.165, 1.54) is 7.05 Å². The van der Waals surface area contributed by atoms with Crippen molar-refractivity contribution < 1.29 is 18.7 Å². The van der Waals surface area contributed by atoms with Gasteiger partial charge in [0.15, 0.2) is 11.5 Å². The van der Waals surface area contributed by atoms with Crippen LogP contribution in [0.4, 0.5) is 0 Å². The Balaban J connectivity index is 1.72. The van der Waals surface area contributed by atoms with E-state index in [1.54, 1.807) is 18.3 Å². The molecule has 0 aliphatic carbocycles. The molecule has 3 rings (SSSR count). The fraction of sp³-hybridized carbons (Fsp3) is 0.292. The number of nitrogens with one attached hydrogen (secondary N) is 2. The fourth-order valence-corrected chi connectivity index (χ4v) is 3.12. The maximum absolute atomic E-state index is 12.5. The standard InChI is InChI=1S/C24H27N3O4/c1-5-30-18-9-6-16(7-10-18)17-8-11-19(26-14-17)20-12-13-21(31-20)23(28)27-22(15(2)3)24(29)25-4/h6-15,22H,5H2,1-4H3,(H,25,29)(H,27,28)/t22-/m0/s1. The van der Waals surface area contributed by atoms with E-state index in [1.807, 2.05) is 57.2 Å². The molecule has 2 amide bonds. The molecule has 31 heavy (non-hydrogen) atoms. The Morgan fingerprint density at radius 3 is 2.32 bits per heavy atom. The van der Waals surface area contributed by atoms with Gasteiger partial charge in [-0.3, -0.25) is 14.6 Å². The zero-order valence-corrected chi connectivity index (χ0v) is 18.1. The van der Waals surface area contributed by atoms with Crippen LogP contribution in [-0.2, 0) is 4.79 Å². The lowest BCUT2D eigenvalue weighted by Gasteiger charge is -2.19. The van der Waals surface area contributed by atoms with Gasteiger partial charge in [0, 0.05) is 18.8 Å². The smallest absolute Gasteiger partial charge is 0.287 e. The summed E-state index contributed by atoms with van der Waals surface area (Å²) in [4.78, 5) is 29.0. The highest BCUT2D eigenvalue weighted by atomic mass is 16.5. The molecule has 0 saturated heterocycles. The van der Waals surface area contributed by atoms with Crippen LogP contribution in [0.5, 0.6) is 5.75 Å². The van der Waals surface area contributed by atoms with Crippen molar-refractivity contribution in [1.29, 1.82) is 0 Å². The molecule has 2 N–H and O–H groups in total.